The van der Waals surface area contributed by atoms with Gasteiger partial charge < -0.3 is 0 Å². The second-order valence-electron chi connectivity index (χ2n) is 4.00. The maximum Gasteiger partial charge on any atom is 0.435 e. The molecular formula is C12H9F5N2. The van der Waals surface area contributed by atoms with Crippen LogP contribution in [0.25, 0.3) is 5.69 Å². The van der Waals surface area contributed by atoms with Crippen molar-refractivity contribution < 1.29 is 22.0 Å². The van der Waals surface area contributed by atoms with Gasteiger partial charge in [0.15, 0.2) is 5.69 Å². The molecule has 1 aromatic carbocycles. The van der Waals surface area contributed by atoms with Gasteiger partial charge >= 0.3 is 6.18 Å². The molecule has 0 saturated carbocycles. The van der Waals surface area contributed by atoms with Gasteiger partial charge in [-0.1, -0.05) is 17.7 Å². The standard InChI is InChI=1S/C12H9F5N2/c1-7-2-4-8(5-3-7)19-9(11(13)14)6-10(18-19)12(15,16)17/h2-6,11H,1H3. The molecule has 0 N–H and O–H groups in total. The van der Waals surface area contributed by atoms with Crippen LogP contribution in [0.15, 0.2) is 30.3 Å². The largest absolute Gasteiger partial charge is 0.435 e. The van der Waals surface area contributed by atoms with E-state index in [0.717, 1.165) is 5.56 Å². The zero-order chi connectivity index (χ0) is 14.2. The molecular weight excluding hydrogens is 267 g/mol. The summed E-state index contributed by atoms with van der Waals surface area (Å²) in [7, 11) is 0. The van der Waals surface area contributed by atoms with Crippen LogP contribution in [0.1, 0.15) is 23.4 Å². The van der Waals surface area contributed by atoms with Crippen LogP contribution in [0.5, 0.6) is 0 Å². The highest BCUT2D eigenvalue weighted by atomic mass is 19.4. The fraction of sp³-hybridized carbons (Fsp3) is 0.250. The van der Waals surface area contributed by atoms with E-state index in [9.17, 15) is 22.0 Å². The summed E-state index contributed by atoms with van der Waals surface area (Å²) >= 11 is 0. The molecule has 7 heteroatoms. The number of nitrogens with zero attached hydrogens (tertiary/aromatic N) is 2. The van der Waals surface area contributed by atoms with Gasteiger partial charge in [-0.15, -0.1) is 0 Å². The van der Waals surface area contributed by atoms with E-state index in [4.69, 9.17) is 0 Å². The molecule has 2 aromatic rings. The van der Waals surface area contributed by atoms with Crippen LogP contribution in [-0.2, 0) is 6.18 Å². The maximum absolute atomic E-state index is 12.8. The monoisotopic (exact) mass is 276 g/mol. The highest BCUT2D eigenvalue weighted by Gasteiger charge is 2.36. The van der Waals surface area contributed by atoms with E-state index in [1.807, 2.05) is 0 Å². The summed E-state index contributed by atoms with van der Waals surface area (Å²) in [5, 5.41) is 3.21. The molecule has 0 fully saturated rings. The first kappa shape index (κ1) is 13.5. The molecule has 2 nitrogen and oxygen atoms in total. The van der Waals surface area contributed by atoms with Crippen molar-refractivity contribution in [1.29, 1.82) is 0 Å². The van der Waals surface area contributed by atoms with Crippen molar-refractivity contribution in [3.05, 3.63) is 47.3 Å². The molecule has 2 rings (SSSR count). The summed E-state index contributed by atoms with van der Waals surface area (Å²) in [5.41, 5.74) is -1.08. The molecule has 0 saturated heterocycles. The van der Waals surface area contributed by atoms with Crippen molar-refractivity contribution in [2.75, 3.05) is 0 Å². The van der Waals surface area contributed by atoms with E-state index < -0.39 is 24.0 Å². The smallest absolute Gasteiger partial charge is 0.231 e. The Kier molecular flexibility index (Phi) is 3.30. The van der Waals surface area contributed by atoms with Gasteiger partial charge in [0.05, 0.1) is 5.69 Å². The molecule has 0 aliphatic carbocycles. The average molecular weight is 276 g/mol. The Hall–Kier alpha value is -1.92. The zero-order valence-corrected chi connectivity index (χ0v) is 9.75. The third-order valence-corrected chi connectivity index (χ3v) is 2.53. The minimum atomic E-state index is -4.75. The second-order valence-corrected chi connectivity index (χ2v) is 4.00. The van der Waals surface area contributed by atoms with Crippen LogP contribution in [0.3, 0.4) is 0 Å². The Morgan fingerprint density at radius 3 is 2.16 bits per heavy atom. The maximum atomic E-state index is 12.8. The van der Waals surface area contributed by atoms with Crippen LogP contribution in [-0.4, -0.2) is 9.78 Å². The number of halogens is 5. The van der Waals surface area contributed by atoms with E-state index in [-0.39, 0.29) is 5.69 Å². The van der Waals surface area contributed by atoms with E-state index in [1.54, 1.807) is 19.1 Å². The van der Waals surface area contributed by atoms with Crippen molar-refractivity contribution in [2.45, 2.75) is 19.5 Å². The number of aryl methyl sites for hydroxylation is 1. The number of hydrogen-bond acceptors (Lipinski definition) is 1. The van der Waals surface area contributed by atoms with Crippen molar-refractivity contribution in [1.82, 2.24) is 9.78 Å². The van der Waals surface area contributed by atoms with Crippen LogP contribution >= 0.6 is 0 Å². The minimum Gasteiger partial charge on any atom is -0.231 e. The van der Waals surface area contributed by atoms with Crippen molar-refractivity contribution in [3.63, 3.8) is 0 Å². The molecule has 0 unspecified atom stereocenters. The molecule has 0 aliphatic heterocycles. The number of aromatic nitrogens is 2. The summed E-state index contributed by atoms with van der Waals surface area (Å²) in [6.45, 7) is 1.78. The van der Waals surface area contributed by atoms with E-state index in [1.165, 1.54) is 12.1 Å². The van der Waals surface area contributed by atoms with E-state index >= 15 is 0 Å². The Labute approximate surface area is 105 Å². The van der Waals surface area contributed by atoms with Gasteiger partial charge in [0.1, 0.15) is 5.69 Å². The van der Waals surface area contributed by atoms with Crippen LogP contribution < -0.4 is 0 Å². The van der Waals surface area contributed by atoms with Gasteiger partial charge in [-0.3, -0.25) is 0 Å². The lowest BCUT2D eigenvalue weighted by molar-refractivity contribution is -0.141. The number of hydrogen-bond donors (Lipinski definition) is 0. The molecule has 102 valence electrons. The lowest BCUT2D eigenvalue weighted by Crippen LogP contribution is -2.07. The van der Waals surface area contributed by atoms with Gasteiger partial charge in [0.2, 0.25) is 0 Å². The molecule has 19 heavy (non-hydrogen) atoms. The van der Waals surface area contributed by atoms with Crippen molar-refractivity contribution in [2.24, 2.45) is 0 Å². The first-order valence-corrected chi connectivity index (χ1v) is 5.31. The first-order valence-electron chi connectivity index (χ1n) is 5.31. The quantitative estimate of drug-likeness (QED) is 0.754. The average Bonchev–Trinajstić information content (AvgIpc) is 2.74. The van der Waals surface area contributed by atoms with Crippen LogP contribution in [0.4, 0.5) is 22.0 Å². The molecule has 1 heterocycles. The highest BCUT2D eigenvalue weighted by molar-refractivity contribution is 5.36. The van der Waals surface area contributed by atoms with Crippen LogP contribution in [0, 0.1) is 6.92 Å². The van der Waals surface area contributed by atoms with Gasteiger partial charge in [0.25, 0.3) is 6.43 Å². The number of alkyl halides is 5. The van der Waals surface area contributed by atoms with Crippen molar-refractivity contribution in [3.8, 4) is 5.69 Å². The fourth-order valence-electron chi connectivity index (χ4n) is 1.58. The third-order valence-electron chi connectivity index (χ3n) is 2.53. The molecule has 0 bridgehead atoms. The number of rotatable bonds is 2. The summed E-state index contributed by atoms with van der Waals surface area (Å²) in [4.78, 5) is 0. The highest BCUT2D eigenvalue weighted by Crippen LogP contribution is 2.32. The fourth-order valence-corrected chi connectivity index (χ4v) is 1.58. The third kappa shape index (κ3) is 2.74. The second kappa shape index (κ2) is 4.64. The Balaban J connectivity index is 2.55. The first-order chi connectivity index (χ1) is 8.79. The molecule has 0 radical (unpaired) electrons. The van der Waals surface area contributed by atoms with Gasteiger partial charge in [-0.2, -0.15) is 18.3 Å². The molecule has 0 spiro atoms. The predicted molar refractivity (Wildman–Crippen MR) is 58.3 cm³/mol. The van der Waals surface area contributed by atoms with Crippen LogP contribution in [0.2, 0.25) is 0 Å². The minimum absolute atomic E-state index is 0.163. The lowest BCUT2D eigenvalue weighted by atomic mass is 10.2. The van der Waals surface area contributed by atoms with Crippen molar-refractivity contribution >= 4 is 0 Å². The Morgan fingerprint density at radius 1 is 1.11 bits per heavy atom. The Morgan fingerprint density at radius 2 is 1.68 bits per heavy atom. The normalized spacial score (nSPS) is 12.2. The Bertz CT molecular complexity index is 569. The summed E-state index contributed by atoms with van der Waals surface area (Å²) < 4.78 is 63.7. The molecule has 1 aromatic heterocycles. The molecule has 0 atom stereocenters. The van der Waals surface area contributed by atoms with Gasteiger partial charge in [0, 0.05) is 0 Å². The summed E-state index contributed by atoms with van der Waals surface area (Å²) in [6, 6.07) is 6.46. The van der Waals surface area contributed by atoms with E-state index in [2.05, 4.69) is 5.10 Å². The molecule has 0 amide bonds. The predicted octanol–water partition coefficient (Wildman–Crippen LogP) is 4.14. The lowest BCUT2D eigenvalue weighted by Gasteiger charge is -2.06. The van der Waals surface area contributed by atoms with Gasteiger partial charge in [-0.25, -0.2) is 13.5 Å². The molecule has 0 aliphatic rings. The van der Waals surface area contributed by atoms with E-state index in [0.29, 0.717) is 10.7 Å². The zero-order valence-electron chi connectivity index (χ0n) is 9.75. The SMILES string of the molecule is Cc1ccc(-n2nc(C(F)(F)F)cc2C(F)F)cc1. The number of benzene rings is 1. The topological polar surface area (TPSA) is 17.8 Å². The summed E-state index contributed by atoms with van der Waals surface area (Å²) in [6.07, 6.45) is -7.79. The summed E-state index contributed by atoms with van der Waals surface area (Å²) in [5.74, 6) is 0. The van der Waals surface area contributed by atoms with Gasteiger partial charge in [-0.05, 0) is 25.1 Å².